The second-order valence-corrected chi connectivity index (χ2v) is 7.07. The summed E-state index contributed by atoms with van der Waals surface area (Å²) >= 11 is 2.01. The third kappa shape index (κ3) is 3.82. The van der Waals surface area contributed by atoms with Gasteiger partial charge in [-0.3, -0.25) is 0 Å². The zero-order chi connectivity index (χ0) is 15.3. The van der Waals surface area contributed by atoms with Crippen LogP contribution in [0.25, 0.3) is 0 Å². The lowest BCUT2D eigenvalue weighted by molar-refractivity contribution is 0.638. The Labute approximate surface area is 132 Å². The Kier molecular flexibility index (Phi) is 5.73. The van der Waals surface area contributed by atoms with Gasteiger partial charge < -0.3 is 10.6 Å². The molecule has 2 N–H and O–H groups in total. The normalized spacial score (nSPS) is 17.0. The molecule has 1 aromatic rings. The van der Waals surface area contributed by atoms with Crippen LogP contribution in [0.15, 0.2) is 0 Å². The van der Waals surface area contributed by atoms with E-state index in [1.807, 2.05) is 11.8 Å². The van der Waals surface area contributed by atoms with Crippen LogP contribution >= 0.6 is 11.8 Å². The molecule has 5 heteroatoms. The average Bonchev–Trinajstić information content (AvgIpc) is 2.97. The smallest absolute Gasteiger partial charge is 0.134 e. The van der Waals surface area contributed by atoms with Crippen LogP contribution < -0.4 is 10.6 Å². The molecule has 118 valence electrons. The molecule has 0 aromatic carbocycles. The Bertz CT molecular complexity index is 470. The molecule has 1 aliphatic rings. The Morgan fingerprint density at radius 1 is 1.10 bits per heavy atom. The van der Waals surface area contributed by atoms with Gasteiger partial charge in [0.25, 0.3) is 0 Å². The highest BCUT2D eigenvalue weighted by Gasteiger charge is 2.33. The van der Waals surface area contributed by atoms with Crippen LogP contribution in [0.2, 0.25) is 0 Å². The molecule has 0 spiro atoms. The summed E-state index contributed by atoms with van der Waals surface area (Å²) in [5.74, 6) is 2.87. The monoisotopic (exact) mass is 308 g/mol. The number of aromatic nitrogens is 2. The van der Waals surface area contributed by atoms with Crippen molar-refractivity contribution in [1.82, 2.24) is 9.97 Å². The number of hydrogen-bond acceptors (Lipinski definition) is 5. The van der Waals surface area contributed by atoms with Crippen molar-refractivity contribution in [2.75, 3.05) is 30.0 Å². The van der Waals surface area contributed by atoms with Crippen LogP contribution in [0.5, 0.6) is 0 Å². The van der Waals surface area contributed by atoms with Gasteiger partial charge in [0.05, 0.1) is 0 Å². The Hall–Kier alpha value is -0.970. The molecule has 21 heavy (non-hydrogen) atoms. The molecule has 0 atom stereocenters. The van der Waals surface area contributed by atoms with E-state index in [9.17, 15) is 0 Å². The zero-order valence-corrected chi connectivity index (χ0v) is 14.6. The minimum Gasteiger partial charge on any atom is -0.370 e. The summed E-state index contributed by atoms with van der Waals surface area (Å²) in [6, 6.07) is 0. The van der Waals surface area contributed by atoms with Gasteiger partial charge >= 0.3 is 0 Å². The predicted octanol–water partition coefficient (Wildman–Crippen LogP) is 3.87. The molecule has 0 radical (unpaired) electrons. The third-order valence-electron chi connectivity index (χ3n) is 4.38. The van der Waals surface area contributed by atoms with Crippen molar-refractivity contribution < 1.29 is 0 Å². The van der Waals surface area contributed by atoms with Crippen molar-refractivity contribution in [2.24, 2.45) is 0 Å². The Morgan fingerprint density at radius 2 is 1.71 bits per heavy atom. The van der Waals surface area contributed by atoms with Crippen molar-refractivity contribution in [3.8, 4) is 0 Å². The highest BCUT2D eigenvalue weighted by atomic mass is 32.2. The fourth-order valence-electron chi connectivity index (χ4n) is 2.95. The molecule has 1 aromatic heterocycles. The van der Waals surface area contributed by atoms with E-state index in [2.05, 4.69) is 47.6 Å². The molecule has 0 aliphatic heterocycles. The average molecular weight is 308 g/mol. The van der Waals surface area contributed by atoms with Crippen LogP contribution in [0, 0.1) is 6.92 Å². The maximum absolute atomic E-state index is 4.69. The standard InChI is InChI=1S/C16H28N4S/c1-5-13-19-14(17-6-2)12(3)15(20-13)18-11-16(21-4)9-7-8-10-16/h5-11H2,1-4H3,(H2,17,18,19,20). The van der Waals surface area contributed by atoms with Gasteiger partial charge in [0, 0.05) is 29.8 Å². The SMILES string of the molecule is CCNc1nc(CC)nc(NCC2(SC)CCCC2)c1C. The Morgan fingerprint density at radius 3 is 2.24 bits per heavy atom. The molecule has 1 saturated carbocycles. The maximum atomic E-state index is 4.69. The number of rotatable bonds is 7. The zero-order valence-electron chi connectivity index (χ0n) is 13.8. The molecule has 1 fully saturated rings. The fraction of sp³-hybridized carbons (Fsp3) is 0.750. The number of thioether (sulfide) groups is 1. The summed E-state index contributed by atoms with van der Waals surface area (Å²) in [6.07, 6.45) is 8.43. The minimum absolute atomic E-state index is 0.391. The van der Waals surface area contributed by atoms with Gasteiger partial charge in [-0.1, -0.05) is 19.8 Å². The Balaban J connectivity index is 2.16. The highest BCUT2D eigenvalue weighted by Crippen LogP contribution is 2.40. The van der Waals surface area contributed by atoms with E-state index in [-0.39, 0.29) is 0 Å². The molecule has 4 nitrogen and oxygen atoms in total. The lowest BCUT2D eigenvalue weighted by atomic mass is 10.1. The topological polar surface area (TPSA) is 49.8 Å². The summed E-state index contributed by atoms with van der Waals surface area (Å²) < 4.78 is 0.391. The quantitative estimate of drug-likeness (QED) is 0.801. The lowest BCUT2D eigenvalue weighted by Crippen LogP contribution is -2.30. The first-order chi connectivity index (χ1) is 10.1. The summed E-state index contributed by atoms with van der Waals surface area (Å²) in [7, 11) is 0. The second kappa shape index (κ2) is 7.34. The maximum Gasteiger partial charge on any atom is 0.134 e. The molecule has 0 unspecified atom stereocenters. The minimum atomic E-state index is 0.391. The van der Waals surface area contributed by atoms with Gasteiger partial charge in [-0.2, -0.15) is 11.8 Å². The summed E-state index contributed by atoms with van der Waals surface area (Å²) in [4.78, 5) is 9.28. The van der Waals surface area contributed by atoms with E-state index in [0.717, 1.165) is 42.5 Å². The van der Waals surface area contributed by atoms with E-state index in [1.54, 1.807) is 0 Å². The third-order valence-corrected chi connectivity index (χ3v) is 5.80. The van der Waals surface area contributed by atoms with Crippen LogP contribution in [0.3, 0.4) is 0 Å². The van der Waals surface area contributed by atoms with Crippen molar-refractivity contribution >= 4 is 23.4 Å². The molecule has 0 saturated heterocycles. The van der Waals surface area contributed by atoms with Crippen LogP contribution in [-0.4, -0.2) is 34.1 Å². The molecular formula is C16H28N4S. The first kappa shape index (κ1) is 16.4. The number of nitrogens with one attached hydrogen (secondary N) is 2. The first-order valence-electron chi connectivity index (χ1n) is 8.04. The van der Waals surface area contributed by atoms with Gasteiger partial charge in [0.2, 0.25) is 0 Å². The molecule has 1 heterocycles. The van der Waals surface area contributed by atoms with E-state index in [1.165, 1.54) is 25.7 Å². The van der Waals surface area contributed by atoms with Gasteiger partial charge in [0.1, 0.15) is 17.5 Å². The number of nitrogens with zero attached hydrogens (tertiary/aromatic N) is 2. The second-order valence-electron chi connectivity index (χ2n) is 5.79. The van der Waals surface area contributed by atoms with Crippen molar-refractivity contribution in [1.29, 1.82) is 0 Å². The van der Waals surface area contributed by atoms with Crippen LogP contribution in [0.1, 0.15) is 50.9 Å². The molecule has 0 amide bonds. The number of hydrogen-bond donors (Lipinski definition) is 2. The molecule has 1 aliphatic carbocycles. The van der Waals surface area contributed by atoms with Gasteiger partial charge in [-0.25, -0.2) is 9.97 Å². The summed E-state index contributed by atoms with van der Waals surface area (Å²) in [5.41, 5.74) is 1.13. The molecule has 0 bridgehead atoms. The number of aryl methyl sites for hydroxylation is 1. The lowest BCUT2D eigenvalue weighted by Gasteiger charge is -2.27. The van der Waals surface area contributed by atoms with Crippen molar-refractivity contribution in [2.45, 2.75) is 57.6 Å². The first-order valence-corrected chi connectivity index (χ1v) is 9.27. The largest absolute Gasteiger partial charge is 0.370 e. The van der Waals surface area contributed by atoms with Gasteiger partial charge in [0.15, 0.2) is 0 Å². The predicted molar refractivity (Wildman–Crippen MR) is 93.5 cm³/mol. The number of anilines is 2. The summed E-state index contributed by atoms with van der Waals surface area (Å²) in [6.45, 7) is 8.18. The molecular weight excluding hydrogens is 280 g/mol. The molecule has 2 rings (SSSR count). The van der Waals surface area contributed by atoms with Gasteiger partial charge in [-0.15, -0.1) is 0 Å². The van der Waals surface area contributed by atoms with E-state index >= 15 is 0 Å². The van der Waals surface area contributed by atoms with E-state index in [0.29, 0.717) is 4.75 Å². The van der Waals surface area contributed by atoms with E-state index < -0.39 is 0 Å². The highest BCUT2D eigenvalue weighted by molar-refractivity contribution is 8.00. The van der Waals surface area contributed by atoms with Crippen LogP contribution in [-0.2, 0) is 6.42 Å². The van der Waals surface area contributed by atoms with Gasteiger partial charge in [-0.05, 0) is 32.9 Å². The van der Waals surface area contributed by atoms with Crippen molar-refractivity contribution in [3.05, 3.63) is 11.4 Å². The van der Waals surface area contributed by atoms with Crippen LogP contribution in [0.4, 0.5) is 11.6 Å². The fourth-order valence-corrected chi connectivity index (χ4v) is 3.86. The summed E-state index contributed by atoms with van der Waals surface area (Å²) in [5, 5.41) is 6.95. The van der Waals surface area contributed by atoms with Crippen molar-refractivity contribution in [3.63, 3.8) is 0 Å². The van der Waals surface area contributed by atoms with E-state index in [4.69, 9.17) is 0 Å².